The van der Waals surface area contributed by atoms with Crippen LogP contribution >= 0.6 is 11.3 Å². The molecule has 1 radical (unpaired) electrons. The Balaban J connectivity index is 0.000000208. The third kappa shape index (κ3) is 7.88. The van der Waals surface area contributed by atoms with E-state index in [-0.39, 0.29) is 31.7 Å². The van der Waals surface area contributed by atoms with Crippen molar-refractivity contribution in [3.8, 4) is 39.5 Å². The molecule has 0 N–H and O–H groups in total. The minimum atomic E-state index is -2.03. The summed E-state index contributed by atoms with van der Waals surface area (Å²) < 4.78 is 43.7. The number of thiophene rings is 1. The van der Waals surface area contributed by atoms with E-state index in [1.165, 1.54) is 16.5 Å². The van der Waals surface area contributed by atoms with E-state index in [4.69, 9.17) is 6.35 Å². The van der Waals surface area contributed by atoms with Crippen LogP contribution in [0.15, 0.2) is 152 Å². The van der Waals surface area contributed by atoms with Gasteiger partial charge in [-0.05, 0) is 62.8 Å². The van der Waals surface area contributed by atoms with Crippen LogP contribution < -0.4 is 4.40 Å². The minimum absolute atomic E-state index is 0. The van der Waals surface area contributed by atoms with Gasteiger partial charge < -0.3 is 4.57 Å². The molecular weight excluding hydrogens is 1000 g/mol. The first-order valence-corrected chi connectivity index (χ1v) is 27.8. The van der Waals surface area contributed by atoms with Crippen molar-refractivity contribution in [1.82, 2.24) is 14.5 Å². The van der Waals surface area contributed by atoms with E-state index in [9.17, 15) is 4.39 Å². The maximum atomic E-state index is 15.4. The van der Waals surface area contributed by atoms with Crippen molar-refractivity contribution in [1.29, 1.82) is 0 Å². The number of halogens is 2. The first kappa shape index (κ1) is 40.1. The zero-order valence-corrected chi connectivity index (χ0v) is 39.1. The molecule has 3 heterocycles. The van der Waals surface area contributed by atoms with Gasteiger partial charge in [0, 0.05) is 36.1 Å². The average Bonchev–Trinajstić information content (AvgIpc) is 3.83. The van der Waals surface area contributed by atoms with Crippen molar-refractivity contribution >= 4 is 71.0 Å². The molecule has 0 spiro atoms. The second-order valence-corrected chi connectivity index (χ2v) is 27.6. The molecule has 299 valence electrons. The average molecular weight is 1040 g/mol. The van der Waals surface area contributed by atoms with Gasteiger partial charge in [-0.3, -0.25) is 4.98 Å². The van der Waals surface area contributed by atoms with Gasteiger partial charge in [-0.15, -0.1) is 18.2 Å². The molecule has 3 nitrogen and oxygen atoms in total. The normalized spacial score (nSPS) is 12.0. The molecule has 3 aromatic heterocycles. The second kappa shape index (κ2) is 17.0. The quantitative estimate of drug-likeness (QED) is 0.123. The molecule has 0 atom stereocenters. The number of nitrogens with zero attached hydrogens (tertiary/aromatic N) is 3. The van der Waals surface area contributed by atoms with Gasteiger partial charge in [0.05, 0.1) is 16.9 Å². The first-order valence-electron chi connectivity index (χ1n) is 20.1. The predicted molar refractivity (Wildman–Crippen MR) is 247 cm³/mol. The van der Waals surface area contributed by atoms with Crippen molar-refractivity contribution in [3.05, 3.63) is 181 Å². The SMILES string of the molecule is Fc1ccccc1-c1ccc2c(c1)sc1c(-c3nc4cccc(F)c4n3-c3ccc4ccccc4c3)[c-]ccc12.[2H]C(C)(C)c1cc(-c2[c-]cccc2)nc[c]1[Ge]([CH3])([CH3])[CH3].[Ir]. The van der Waals surface area contributed by atoms with E-state index in [1.807, 2.05) is 110 Å². The molecule has 0 bridgehead atoms. The van der Waals surface area contributed by atoms with Gasteiger partial charge in [0.25, 0.3) is 0 Å². The molecule has 0 saturated carbocycles. The molecule has 10 rings (SSSR count). The third-order valence-electron chi connectivity index (χ3n) is 10.7. The summed E-state index contributed by atoms with van der Waals surface area (Å²) in [5.74, 6) is 6.50. The maximum absolute atomic E-state index is 15.4. The Morgan fingerprint density at radius 2 is 1.50 bits per heavy atom. The number of hydrogen-bond acceptors (Lipinski definition) is 3. The Kier molecular flexibility index (Phi) is 11.4. The van der Waals surface area contributed by atoms with Crippen LogP contribution in [0.4, 0.5) is 8.78 Å². The fraction of sp³-hybridized carbons (Fsp3) is 0.115. The molecule has 0 saturated heterocycles. The summed E-state index contributed by atoms with van der Waals surface area (Å²) in [5.41, 5.74) is 7.06. The first-order chi connectivity index (χ1) is 28.8. The third-order valence-corrected chi connectivity index (χ3v) is 16.1. The van der Waals surface area contributed by atoms with Crippen molar-refractivity contribution in [2.45, 2.75) is 37.0 Å². The molecule has 0 aliphatic heterocycles. The number of imidazole rings is 1. The fourth-order valence-corrected chi connectivity index (χ4v) is 12.3. The van der Waals surface area contributed by atoms with Crippen molar-refractivity contribution in [2.75, 3.05) is 0 Å². The maximum Gasteiger partial charge on any atom is 0 e. The Morgan fingerprint density at radius 3 is 2.27 bits per heavy atom. The summed E-state index contributed by atoms with van der Waals surface area (Å²) in [6.07, 6.45) is 2.00. The number of benzene rings is 7. The van der Waals surface area contributed by atoms with Gasteiger partial charge in [-0.25, -0.2) is 8.78 Å². The molecule has 0 fully saturated rings. The van der Waals surface area contributed by atoms with Gasteiger partial charge in [0.15, 0.2) is 0 Å². The second-order valence-electron chi connectivity index (χ2n) is 15.9. The van der Waals surface area contributed by atoms with Crippen molar-refractivity contribution in [3.63, 3.8) is 0 Å². The van der Waals surface area contributed by atoms with Gasteiger partial charge in [0.2, 0.25) is 0 Å². The van der Waals surface area contributed by atoms with E-state index in [0.717, 1.165) is 64.6 Å². The van der Waals surface area contributed by atoms with Crippen LogP contribution in [-0.2, 0) is 20.1 Å². The van der Waals surface area contributed by atoms with Crippen LogP contribution in [0.5, 0.6) is 0 Å². The van der Waals surface area contributed by atoms with Crippen LogP contribution in [0.3, 0.4) is 0 Å². The monoisotopic (exact) mass is 1050 g/mol. The number of fused-ring (bicyclic) bond motifs is 5. The Bertz CT molecular complexity index is 3220. The van der Waals surface area contributed by atoms with Gasteiger partial charge in [-0.1, -0.05) is 77.7 Å². The molecule has 10 aromatic rings. The zero-order chi connectivity index (χ0) is 41.8. The predicted octanol–water partition coefficient (Wildman–Crippen LogP) is 14.2. The summed E-state index contributed by atoms with van der Waals surface area (Å²) in [6, 6.07) is 52.6. The van der Waals surface area contributed by atoms with E-state index in [2.05, 4.69) is 64.7 Å². The molecule has 0 aliphatic carbocycles. The van der Waals surface area contributed by atoms with E-state index in [0.29, 0.717) is 22.4 Å². The van der Waals surface area contributed by atoms with Crippen LogP contribution in [0.1, 0.15) is 26.7 Å². The van der Waals surface area contributed by atoms with Crippen LogP contribution in [0, 0.1) is 23.8 Å². The van der Waals surface area contributed by atoms with Crippen LogP contribution in [-0.4, -0.2) is 27.8 Å². The van der Waals surface area contributed by atoms with E-state index >= 15 is 4.39 Å². The Morgan fingerprint density at radius 1 is 0.733 bits per heavy atom. The summed E-state index contributed by atoms with van der Waals surface area (Å²) in [5, 5.41) is 4.32. The Hall–Kier alpha value is -5.31. The molecular formula is C52H41F2GeIrN3S-2. The zero-order valence-electron chi connectivity index (χ0n) is 34.8. The Labute approximate surface area is 370 Å². The topological polar surface area (TPSA) is 30.7 Å². The van der Waals surface area contributed by atoms with E-state index in [1.54, 1.807) is 29.5 Å². The van der Waals surface area contributed by atoms with Gasteiger partial charge in [0.1, 0.15) is 11.6 Å². The molecule has 0 unspecified atom stereocenters. The van der Waals surface area contributed by atoms with Crippen LogP contribution in [0.25, 0.3) is 81.4 Å². The largest absolute Gasteiger partial charge is 0 e. The molecule has 0 aliphatic rings. The summed E-state index contributed by atoms with van der Waals surface area (Å²) in [4.78, 5) is 9.57. The van der Waals surface area contributed by atoms with Crippen molar-refractivity contribution < 1.29 is 30.3 Å². The summed E-state index contributed by atoms with van der Waals surface area (Å²) >= 11 is -0.408. The molecule has 8 heteroatoms. The molecule has 0 amide bonds. The molecule has 60 heavy (non-hydrogen) atoms. The summed E-state index contributed by atoms with van der Waals surface area (Å²) in [7, 11) is 0. The van der Waals surface area contributed by atoms with E-state index < -0.39 is 19.2 Å². The number of pyridine rings is 1. The van der Waals surface area contributed by atoms with Crippen molar-refractivity contribution in [2.24, 2.45) is 0 Å². The summed E-state index contributed by atoms with van der Waals surface area (Å²) in [6.45, 7) is 3.91. The number of rotatable bonds is 6. The fourth-order valence-electron chi connectivity index (χ4n) is 7.76. The minimum Gasteiger partial charge on any atom is 0 e. The standard InChI is InChI=1S/C35H19F2N2S.C17H22GeN.Ir/c36-29-12-4-3-9-25(29)23-16-18-26-27-10-5-11-28(34(27)40-32(26)20-23)35-38-31-14-6-13-30(37)33(31)39(35)24-17-15-21-7-1-2-8-22(21)19-24;1-13(2)15-11-17(14-9-7-6-8-10-14)19-12-16(15)18(3,4)5;/h1-10,12-20H;6-9,11-13H,1-5H3;/q2*-1;/i;13D;. The number of hydrogen-bond donors (Lipinski definition) is 0. The smallest absolute Gasteiger partial charge is 0 e. The number of aromatic nitrogens is 3. The van der Waals surface area contributed by atoms with Gasteiger partial charge in [-0.2, -0.15) is 11.3 Å². The number of para-hydroxylation sites is 1. The molecule has 7 aromatic carbocycles. The van der Waals surface area contributed by atoms with Gasteiger partial charge >= 0.3 is 120 Å². The van der Waals surface area contributed by atoms with Crippen LogP contribution in [0.2, 0.25) is 17.3 Å².